The number of rotatable bonds is 8. The minimum absolute atomic E-state index is 0.127. The van der Waals surface area contributed by atoms with Crippen molar-refractivity contribution < 1.29 is 9.84 Å². The van der Waals surface area contributed by atoms with Crippen molar-refractivity contribution in [1.29, 1.82) is 0 Å². The van der Waals surface area contributed by atoms with Gasteiger partial charge in [-0.25, -0.2) is 0 Å². The lowest BCUT2D eigenvalue weighted by Crippen LogP contribution is -2.32. The number of thioether (sulfide) groups is 1. The number of fused-ring (bicyclic) bond motifs is 1. The van der Waals surface area contributed by atoms with E-state index in [1.807, 2.05) is 19.2 Å². The van der Waals surface area contributed by atoms with Crippen LogP contribution < -0.4 is 10.3 Å². The van der Waals surface area contributed by atoms with Gasteiger partial charge < -0.3 is 14.8 Å². The summed E-state index contributed by atoms with van der Waals surface area (Å²) in [5.41, 5.74) is 1.85. The first-order chi connectivity index (χ1) is 13.0. The summed E-state index contributed by atoms with van der Waals surface area (Å²) in [6, 6.07) is 17.2. The summed E-state index contributed by atoms with van der Waals surface area (Å²) < 4.78 is 5.72. The minimum Gasteiger partial charge on any atom is -0.491 e. The van der Waals surface area contributed by atoms with E-state index in [-0.39, 0.29) is 12.2 Å². The molecule has 27 heavy (non-hydrogen) atoms. The van der Waals surface area contributed by atoms with Crippen LogP contribution in [0.4, 0.5) is 0 Å². The highest BCUT2D eigenvalue weighted by atomic mass is 32.2. The van der Waals surface area contributed by atoms with Crippen molar-refractivity contribution in [3.63, 3.8) is 0 Å². The fourth-order valence-electron chi connectivity index (χ4n) is 2.93. The number of aliphatic hydroxyl groups is 1. The summed E-state index contributed by atoms with van der Waals surface area (Å²) in [5, 5.41) is 11.2. The van der Waals surface area contributed by atoms with Crippen LogP contribution in [0.25, 0.3) is 10.9 Å². The van der Waals surface area contributed by atoms with Gasteiger partial charge in [0.15, 0.2) is 0 Å². The Hall–Kier alpha value is -2.28. The van der Waals surface area contributed by atoms with Crippen LogP contribution in [0.3, 0.4) is 0 Å². The molecule has 0 saturated carbocycles. The molecule has 0 aliphatic carbocycles. The number of likely N-dealkylation sites (N-methyl/N-ethyl adjacent to an activating group) is 1. The second kappa shape index (κ2) is 9.08. The van der Waals surface area contributed by atoms with Gasteiger partial charge in [0.25, 0.3) is 0 Å². The second-order valence-corrected chi connectivity index (χ2v) is 7.46. The van der Waals surface area contributed by atoms with Crippen molar-refractivity contribution in [1.82, 2.24) is 9.88 Å². The van der Waals surface area contributed by atoms with Crippen LogP contribution in [0.5, 0.6) is 5.75 Å². The van der Waals surface area contributed by atoms with Crippen molar-refractivity contribution in [3.8, 4) is 5.75 Å². The van der Waals surface area contributed by atoms with Gasteiger partial charge >= 0.3 is 0 Å². The highest BCUT2D eigenvalue weighted by Crippen LogP contribution is 2.19. The monoisotopic (exact) mass is 384 g/mol. The van der Waals surface area contributed by atoms with E-state index in [0.29, 0.717) is 12.3 Å². The van der Waals surface area contributed by atoms with Crippen molar-refractivity contribution in [2.45, 2.75) is 17.5 Å². The number of benzene rings is 2. The Bertz CT molecular complexity index is 940. The fourth-order valence-corrected chi connectivity index (χ4v) is 3.34. The van der Waals surface area contributed by atoms with Gasteiger partial charge in [0, 0.05) is 35.0 Å². The van der Waals surface area contributed by atoms with Gasteiger partial charge in [-0.05, 0) is 55.3 Å². The van der Waals surface area contributed by atoms with E-state index in [4.69, 9.17) is 4.74 Å². The average molecular weight is 385 g/mol. The van der Waals surface area contributed by atoms with Crippen LogP contribution >= 0.6 is 11.8 Å². The zero-order valence-electron chi connectivity index (χ0n) is 15.5. The molecule has 0 aliphatic rings. The number of nitrogens with one attached hydrogen (secondary N) is 1. The third kappa shape index (κ3) is 5.60. The predicted octanol–water partition coefficient (Wildman–Crippen LogP) is 3.12. The normalized spacial score (nSPS) is 12.4. The molecule has 0 saturated heterocycles. The SMILES string of the molecule is CSc1ccc(CN(C)CC(O)COc2ccc3[nH]c(=O)ccc3c2)cc1. The number of aliphatic hydroxyl groups excluding tert-OH is 1. The first-order valence-corrected chi connectivity index (χ1v) is 10.0. The molecule has 1 atom stereocenters. The van der Waals surface area contributed by atoms with Crippen molar-refractivity contribution in [3.05, 3.63) is 70.5 Å². The molecule has 3 rings (SSSR count). The predicted molar refractivity (Wildman–Crippen MR) is 111 cm³/mol. The van der Waals surface area contributed by atoms with E-state index in [1.165, 1.54) is 16.5 Å². The van der Waals surface area contributed by atoms with E-state index in [1.54, 1.807) is 23.9 Å². The maximum atomic E-state index is 11.3. The largest absolute Gasteiger partial charge is 0.491 e. The van der Waals surface area contributed by atoms with E-state index < -0.39 is 6.10 Å². The number of nitrogens with zero attached hydrogens (tertiary/aromatic N) is 1. The lowest BCUT2D eigenvalue weighted by molar-refractivity contribution is 0.0744. The Kier molecular flexibility index (Phi) is 6.55. The Morgan fingerprint density at radius 2 is 1.93 bits per heavy atom. The molecule has 0 fully saturated rings. The molecule has 1 aromatic heterocycles. The van der Waals surface area contributed by atoms with Gasteiger partial charge in [-0.3, -0.25) is 9.69 Å². The van der Waals surface area contributed by atoms with E-state index in [9.17, 15) is 9.90 Å². The van der Waals surface area contributed by atoms with E-state index in [2.05, 4.69) is 40.4 Å². The Labute approximate surface area is 163 Å². The Morgan fingerprint density at radius 3 is 2.67 bits per heavy atom. The van der Waals surface area contributed by atoms with Gasteiger partial charge in [0.1, 0.15) is 18.5 Å². The third-order valence-corrected chi connectivity index (χ3v) is 5.02. The standard InChI is InChI=1S/C21H24N2O3S/c1-23(12-15-3-7-19(27-2)8-4-15)13-17(24)14-26-18-6-9-20-16(11-18)5-10-21(25)22-20/h3-11,17,24H,12-14H2,1-2H3,(H,22,25). The van der Waals surface area contributed by atoms with Crippen molar-refractivity contribution >= 4 is 22.7 Å². The molecule has 5 nitrogen and oxygen atoms in total. The van der Waals surface area contributed by atoms with Gasteiger partial charge in [-0.1, -0.05) is 12.1 Å². The van der Waals surface area contributed by atoms with Crippen LogP contribution in [0.1, 0.15) is 5.56 Å². The number of aromatic amines is 1. The number of ether oxygens (including phenoxy) is 1. The molecule has 1 unspecified atom stereocenters. The van der Waals surface area contributed by atoms with Crippen LogP contribution in [0, 0.1) is 0 Å². The average Bonchev–Trinajstić information content (AvgIpc) is 2.66. The van der Waals surface area contributed by atoms with Gasteiger partial charge in [0.05, 0.1) is 0 Å². The van der Waals surface area contributed by atoms with Crippen LogP contribution in [-0.2, 0) is 6.54 Å². The third-order valence-electron chi connectivity index (χ3n) is 4.27. The molecule has 0 aliphatic heterocycles. The van der Waals surface area contributed by atoms with Crippen LogP contribution in [0.2, 0.25) is 0 Å². The first kappa shape index (κ1) is 19.5. The molecule has 1 heterocycles. The molecule has 0 radical (unpaired) electrons. The van der Waals surface area contributed by atoms with Crippen molar-refractivity contribution in [2.24, 2.45) is 0 Å². The highest BCUT2D eigenvalue weighted by Gasteiger charge is 2.10. The molecule has 0 spiro atoms. The summed E-state index contributed by atoms with van der Waals surface area (Å²) >= 11 is 1.73. The highest BCUT2D eigenvalue weighted by molar-refractivity contribution is 7.98. The van der Waals surface area contributed by atoms with E-state index in [0.717, 1.165) is 17.4 Å². The summed E-state index contributed by atoms with van der Waals surface area (Å²) in [4.78, 5) is 17.4. The molecule has 3 aromatic rings. The first-order valence-electron chi connectivity index (χ1n) is 8.79. The molecule has 2 aromatic carbocycles. The number of hydrogen-bond donors (Lipinski definition) is 2. The zero-order chi connectivity index (χ0) is 19.2. The maximum absolute atomic E-state index is 11.3. The summed E-state index contributed by atoms with van der Waals surface area (Å²) in [7, 11) is 1.98. The van der Waals surface area contributed by atoms with Gasteiger partial charge in [0.2, 0.25) is 5.56 Å². The fraction of sp³-hybridized carbons (Fsp3) is 0.286. The molecule has 2 N–H and O–H groups in total. The number of H-pyrrole nitrogens is 1. The number of aromatic nitrogens is 1. The number of hydrogen-bond acceptors (Lipinski definition) is 5. The van der Waals surface area contributed by atoms with E-state index >= 15 is 0 Å². The molecular formula is C21H24N2O3S. The lowest BCUT2D eigenvalue weighted by atomic mass is 10.2. The smallest absolute Gasteiger partial charge is 0.248 e. The van der Waals surface area contributed by atoms with Gasteiger partial charge in [-0.2, -0.15) is 0 Å². The Balaban J connectivity index is 1.50. The molecular weight excluding hydrogens is 360 g/mol. The molecule has 0 bridgehead atoms. The van der Waals surface area contributed by atoms with Crippen LogP contribution in [-0.4, -0.2) is 47.5 Å². The van der Waals surface area contributed by atoms with Gasteiger partial charge in [-0.15, -0.1) is 11.8 Å². The number of pyridine rings is 1. The maximum Gasteiger partial charge on any atom is 0.248 e. The quantitative estimate of drug-likeness (QED) is 0.584. The van der Waals surface area contributed by atoms with Crippen molar-refractivity contribution in [2.75, 3.05) is 26.5 Å². The lowest BCUT2D eigenvalue weighted by Gasteiger charge is -2.21. The molecule has 142 valence electrons. The molecule has 6 heteroatoms. The topological polar surface area (TPSA) is 65.6 Å². The Morgan fingerprint density at radius 1 is 1.15 bits per heavy atom. The second-order valence-electron chi connectivity index (χ2n) is 6.58. The summed E-state index contributed by atoms with van der Waals surface area (Å²) in [5.74, 6) is 0.670. The minimum atomic E-state index is -0.591. The van der Waals surface area contributed by atoms with Crippen LogP contribution in [0.15, 0.2) is 64.3 Å². The molecule has 0 amide bonds. The summed E-state index contributed by atoms with van der Waals surface area (Å²) in [6.07, 6.45) is 1.47. The zero-order valence-corrected chi connectivity index (χ0v) is 16.3. The summed E-state index contributed by atoms with van der Waals surface area (Å²) in [6.45, 7) is 1.50.